The lowest BCUT2D eigenvalue weighted by molar-refractivity contribution is 0.285. The van der Waals surface area contributed by atoms with Gasteiger partial charge in [-0.15, -0.1) is 0 Å². The minimum atomic E-state index is -3.96. The highest BCUT2D eigenvalue weighted by Crippen LogP contribution is 2.31. The number of nitrogens with one attached hydrogen (secondary N) is 1. The molecule has 0 unspecified atom stereocenters. The van der Waals surface area contributed by atoms with Crippen molar-refractivity contribution in [1.82, 2.24) is 9.97 Å². The molecule has 0 amide bonds. The van der Waals surface area contributed by atoms with Crippen molar-refractivity contribution in [1.29, 1.82) is 0 Å². The Morgan fingerprint density at radius 3 is 2.68 bits per heavy atom. The van der Waals surface area contributed by atoms with Gasteiger partial charge in [-0.05, 0) is 61.9 Å². The maximum Gasteiger partial charge on any atom is 0.280 e. The van der Waals surface area contributed by atoms with E-state index in [1.54, 1.807) is 18.2 Å². The predicted molar refractivity (Wildman–Crippen MR) is 136 cm³/mol. The molecule has 0 saturated heterocycles. The fourth-order valence-electron chi connectivity index (χ4n) is 4.13. The minimum Gasteiger partial charge on any atom is -0.396 e. The number of fused-ring (bicyclic) bond motifs is 6. The number of hydrogen-bond acceptors (Lipinski definition) is 6. The molecule has 2 N–H and O–H groups in total. The number of aromatic nitrogens is 2. The van der Waals surface area contributed by atoms with E-state index < -0.39 is 10.0 Å². The number of aliphatic hydroxyl groups is 1. The Morgan fingerprint density at radius 2 is 1.82 bits per heavy atom. The van der Waals surface area contributed by atoms with Gasteiger partial charge in [0.15, 0.2) is 5.03 Å². The Morgan fingerprint density at radius 1 is 0.971 bits per heavy atom. The van der Waals surface area contributed by atoms with Crippen LogP contribution in [-0.4, -0.2) is 43.2 Å². The lowest BCUT2D eigenvalue weighted by Gasteiger charge is -2.24. The molecule has 3 heterocycles. The minimum absolute atomic E-state index is 0.0667. The Labute approximate surface area is 205 Å². The molecular weight excluding hydrogens is 472 g/mol. The summed E-state index contributed by atoms with van der Waals surface area (Å²) in [7, 11) is -3.96. The van der Waals surface area contributed by atoms with Crippen LogP contribution in [0.5, 0.6) is 0 Å². The second-order valence-corrected chi connectivity index (χ2v) is 10.4. The highest BCUT2D eigenvalue weighted by atomic mass is 35.5. The van der Waals surface area contributed by atoms with Crippen LogP contribution in [0.4, 0.5) is 11.6 Å². The second kappa shape index (κ2) is 11.2. The molecule has 4 bridgehead atoms. The molecule has 2 aromatic heterocycles. The zero-order valence-corrected chi connectivity index (χ0v) is 20.5. The number of aliphatic hydroxyl groups excluding tert-OH is 1. The standard InChI is InChI=1S/C25H29ClN4O3S/c26-21-14-15-22-27-25(21)20-11-4-3-10-19(20)9-2-1-5-16-30(17-6-7-18-31)23-12-8-13-24(28-23)34(32,33)29-22/h3-4,8,10-15,31H,1-2,5-7,9,16-18H2,(H,27,29). The van der Waals surface area contributed by atoms with Crippen molar-refractivity contribution < 1.29 is 13.5 Å². The molecule has 0 aliphatic carbocycles. The van der Waals surface area contributed by atoms with E-state index in [9.17, 15) is 13.5 Å². The fraction of sp³-hybridized carbons (Fsp3) is 0.360. The molecule has 0 radical (unpaired) electrons. The van der Waals surface area contributed by atoms with E-state index in [0.717, 1.165) is 49.8 Å². The number of nitrogens with zero attached hydrogens (tertiary/aromatic N) is 3. The molecule has 7 nitrogen and oxygen atoms in total. The zero-order valence-electron chi connectivity index (χ0n) is 19.0. The van der Waals surface area contributed by atoms with Crippen molar-refractivity contribution in [3.63, 3.8) is 0 Å². The van der Waals surface area contributed by atoms with Crippen LogP contribution in [0.2, 0.25) is 5.02 Å². The number of rotatable bonds is 4. The van der Waals surface area contributed by atoms with E-state index >= 15 is 0 Å². The molecule has 4 rings (SSSR count). The maximum absolute atomic E-state index is 13.2. The van der Waals surface area contributed by atoms with E-state index in [4.69, 9.17) is 11.6 Å². The average Bonchev–Trinajstić information content (AvgIpc) is 2.84. The van der Waals surface area contributed by atoms with Crippen LogP contribution in [0, 0.1) is 0 Å². The number of halogens is 1. The molecule has 0 spiro atoms. The predicted octanol–water partition coefficient (Wildman–Crippen LogP) is 4.90. The first-order valence-corrected chi connectivity index (χ1v) is 13.4. The summed E-state index contributed by atoms with van der Waals surface area (Å²) in [5, 5.41) is 9.58. The summed E-state index contributed by atoms with van der Waals surface area (Å²) in [6.07, 6.45) is 5.36. The van der Waals surface area contributed by atoms with Crippen LogP contribution in [-0.2, 0) is 16.4 Å². The number of hydrogen-bond donors (Lipinski definition) is 2. The summed E-state index contributed by atoms with van der Waals surface area (Å²) in [6.45, 7) is 1.61. The van der Waals surface area contributed by atoms with E-state index in [-0.39, 0.29) is 17.5 Å². The van der Waals surface area contributed by atoms with Crippen molar-refractivity contribution in [2.45, 2.75) is 43.6 Å². The van der Waals surface area contributed by atoms with E-state index in [1.165, 1.54) is 6.07 Å². The van der Waals surface area contributed by atoms with Gasteiger partial charge in [0.1, 0.15) is 11.6 Å². The van der Waals surface area contributed by atoms with Crippen molar-refractivity contribution in [2.24, 2.45) is 0 Å². The molecule has 1 aromatic carbocycles. The highest BCUT2D eigenvalue weighted by molar-refractivity contribution is 7.92. The van der Waals surface area contributed by atoms with E-state index in [1.807, 2.05) is 24.3 Å². The van der Waals surface area contributed by atoms with Gasteiger partial charge in [0.2, 0.25) is 0 Å². The topological polar surface area (TPSA) is 95.4 Å². The maximum atomic E-state index is 13.2. The summed E-state index contributed by atoms with van der Waals surface area (Å²) in [4.78, 5) is 11.1. The highest BCUT2D eigenvalue weighted by Gasteiger charge is 2.20. The third-order valence-electron chi connectivity index (χ3n) is 5.88. The normalized spacial score (nSPS) is 15.9. The fourth-order valence-corrected chi connectivity index (χ4v) is 5.30. The van der Waals surface area contributed by atoms with Crippen molar-refractivity contribution in [2.75, 3.05) is 29.3 Å². The molecule has 9 heteroatoms. The molecule has 0 saturated carbocycles. The number of sulfonamides is 1. The van der Waals surface area contributed by atoms with Gasteiger partial charge in [-0.1, -0.05) is 48.4 Å². The quantitative estimate of drug-likeness (QED) is 0.494. The molecule has 3 aromatic rings. The van der Waals surface area contributed by atoms with Gasteiger partial charge < -0.3 is 10.0 Å². The number of aryl methyl sites for hydroxylation is 1. The van der Waals surface area contributed by atoms with Gasteiger partial charge >= 0.3 is 0 Å². The van der Waals surface area contributed by atoms with Crippen LogP contribution < -0.4 is 9.62 Å². The van der Waals surface area contributed by atoms with E-state index in [2.05, 4.69) is 25.7 Å². The first-order valence-electron chi connectivity index (χ1n) is 11.6. The average molecular weight is 501 g/mol. The van der Waals surface area contributed by atoms with Crippen LogP contribution in [0.1, 0.15) is 37.7 Å². The van der Waals surface area contributed by atoms with Crippen LogP contribution in [0.3, 0.4) is 0 Å². The summed E-state index contributed by atoms with van der Waals surface area (Å²) in [5.41, 5.74) is 2.60. The monoisotopic (exact) mass is 500 g/mol. The van der Waals surface area contributed by atoms with Crippen molar-refractivity contribution in [3.05, 3.63) is 65.2 Å². The van der Waals surface area contributed by atoms with Gasteiger partial charge in [0.05, 0.1) is 10.7 Å². The van der Waals surface area contributed by atoms with Gasteiger partial charge in [-0.25, -0.2) is 9.97 Å². The van der Waals surface area contributed by atoms with Gasteiger partial charge in [0.25, 0.3) is 10.0 Å². The Kier molecular flexibility index (Phi) is 8.03. The van der Waals surface area contributed by atoms with Crippen molar-refractivity contribution in [3.8, 4) is 11.3 Å². The zero-order chi connectivity index (χ0) is 24.0. The van der Waals surface area contributed by atoms with Gasteiger partial charge in [-0.3, -0.25) is 4.72 Å². The number of anilines is 2. The van der Waals surface area contributed by atoms with E-state index in [0.29, 0.717) is 29.5 Å². The summed E-state index contributed by atoms with van der Waals surface area (Å²) in [5.74, 6) is 0.802. The lowest BCUT2D eigenvalue weighted by Crippen LogP contribution is -2.27. The van der Waals surface area contributed by atoms with Crippen LogP contribution in [0.15, 0.2) is 59.6 Å². The Hall–Kier alpha value is -2.68. The summed E-state index contributed by atoms with van der Waals surface area (Å²) >= 11 is 6.48. The largest absolute Gasteiger partial charge is 0.396 e. The SMILES string of the molecule is O=S1(=O)Nc2ccc(Cl)c(n2)-c2ccccc2CCCCCN(CCCCO)c2cccc1n2. The van der Waals surface area contributed by atoms with Crippen LogP contribution >= 0.6 is 11.6 Å². The number of pyridine rings is 2. The molecule has 1 aliphatic heterocycles. The number of benzene rings is 1. The lowest BCUT2D eigenvalue weighted by atomic mass is 9.98. The molecule has 0 atom stereocenters. The Bertz CT molecular complexity index is 1240. The van der Waals surface area contributed by atoms with Crippen molar-refractivity contribution >= 4 is 33.3 Å². The number of unbranched alkanes of at least 4 members (excludes halogenated alkanes) is 1. The first-order chi connectivity index (χ1) is 16.5. The summed E-state index contributed by atoms with van der Waals surface area (Å²) < 4.78 is 28.9. The molecular formula is C25H29ClN4O3S. The first kappa shape index (κ1) is 24.4. The third-order valence-corrected chi connectivity index (χ3v) is 7.44. The smallest absolute Gasteiger partial charge is 0.280 e. The molecule has 0 fully saturated rings. The molecule has 180 valence electrons. The van der Waals surface area contributed by atoms with Gasteiger partial charge in [0, 0.05) is 25.3 Å². The van der Waals surface area contributed by atoms with Crippen LogP contribution in [0.25, 0.3) is 11.3 Å². The summed E-state index contributed by atoms with van der Waals surface area (Å²) in [6, 6.07) is 16.2. The second-order valence-electron chi connectivity index (χ2n) is 8.35. The third kappa shape index (κ3) is 5.87. The molecule has 34 heavy (non-hydrogen) atoms. The molecule has 1 aliphatic rings. The Balaban J connectivity index is 1.74. The van der Waals surface area contributed by atoms with Gasteiger partial charge in [-0.2, -0.15) is 8.42 Å².